The minimum Gasteiger partial charge on any atom is -0.477 e. The number of rotatable bonds is 5. The molecular formula is C22H17F2N3O3. The summed E-state index contributed by atoms with van der Waals surface area (Å²) in [7, 11) is 0. The van der Waals surface area contributed by atoms with E-state index in [0.717, 1.165) is 25.1 Å². The molecule has 8 heteroatoms. The molecule has 4 rings (SSSR count). The predicted octanol–water partition coefficient (Wildman–Crippen LogP) is 4.33. The van der Waals surface area contributed by atoms with E-state index in [1.54, 1.807) is 22.9 Å². The van der Waals surface area contributed by atoms with Crippen LogP contribution < -0.4 is 10.1 Å². The van der Waals surface area contributed by atoms with Crippen molar-refractivity contribution in [1.82, 2.24) is 9.88 Å². The van der Waals surface area contributed by atoms with Crippen molar-refractivity contribution in [2.24, 2.45) is 0 Å². The Kier molecular flexibility index (Phi) is 5.21. The van der Waals surface area contributed by atoms with E-state index in [2.05, 4.69) is 5.32 Å². The molecule has 0 saturated carbocycles. The summed E-state index contributed by atoms with van der Waals surface area (Å²) >= 11 is 0. The minimum absolute atomic E-state index is 0.0463. The van der Waals surface area contributed by atoms with Crippen LogP contribution in [0.2, 0.25) is 0 Å². The zero-order valence-corrected chi connectivity index (χ0v) is 15.7. The van der Waals surface area contributed by atoms with Gasteiger partial charge in [-0.05, 0) is 42.8 Å². The first-order valence-electron chi connectivity index (χ1n) is 9.31. The third kappa shape index (κ3) is 3.51. The molecule has 1 aliphatic rings. The zero-order chi connectivity index (χ0) is 21.3. The number of para-hydroxylation sites is 1. The molecule has 0 amide bonds. The van der Waals surface area contributed by atoms with Crippen LogP contribution >= 0.6 is 0 Å². The largest absolute Gasteiger partial charge is 0.477 e. The molecule has 1 aromatic heterocycles. The molecule has 1 fully saturated rings. The molecule has 2 heterocycles. The van der Waals surface area contributed by atoms with Gasteiger partial charge >= 0.3 is 5.97 Å². The first-order valence-corrected chi connectivity index (χ1v) is 9.31. The van der Waals surface area contributed by atoms with Crippen molar-refractivity contribution < 1.29 is 23.4 Å². The number of aromatic nitrogens is 1. The SMILES string of the molecule is N#Cc1c(-c2ccc(Oc3c(F)cccc3F)cc2)cn([C@@H]2CCNC2)c1C(=O)O. The van der Waals surface area contributed by atoms with Crippen LogP contribution in [0.4, 0.5) is 8.78 Å². The number of hydrogen-bond donors (Lipinski definition) is 2. The third-order valence-corrected chi connectivity index (χ3v) is 5.08. The number of carboxylic acids is 1. The fourth-order valence-electron chi connectivity index (χ4n) is 3.64. The third-order valence-electron chi connectivity index (χ3n) is 5.08. The van der Waals surface area contributed by atoms with Crippen LogP contribution in [-0.4, -0.2) is 28.7 Å². The Balaban J connectivity index is 1.70. The van der Waals surface area contributed by atoms with Crippen LogP contribution in [0, 0.1) is 23.0 Å². The zero-order valence-electron chi connectivity index (χ0n) is 15.7. The van der Waals surface area contributed by atoms with Gasteiger partial charge in [-0.15, -0.1) is 0 Å². The van der Waals surface area contributed by atoms with Gasteiger partial charge in [0, 0.05) is 24.3 Å². The topological polar surface area (TPSA) is 87.3 Å². The molecule has 1 aliphatic heterocycles. The van der Waals surface area contributed by atoms with Gasteiger partial charge in [0.2, 0.25) is 0 Å². The number of hydrogen-bond acceptors (Lipinski definition) is 4. The van der Waals surface area contributed by atoms with Gasteiger partial charge in [-0.1, -0.05) is 18.2 Å². The number of carboxylic acid groups (broad SMARTS) is 1. The number of carbonyl (C=O) groups is 1. The molecule has 30 heavy (non-hydrogen) atoms. The van der Waals surface area contributed by atoms with Crippen LogP contribution in [0.1, 0.15) is 28.5 Å². The Morgan fingerprint density at radius 3 is 2.47 bits per heavy atom. The minimum atomic E-state index is -1.17. The Bertz CT molecular complexity index is 1120. The van der Waals surface area contributed by atoms with E-state index >= 15 is 0 Å². The Labute approximate surface area is 170 Å². The second-order valence-corrected chi connectivity index (χ2v) is 6.91. The smallest absolute Gasteiger partial charge is 0.353 e. The molecule has 2 aromatic carbocycles. The summed E-state index contributed by atoms with van der Waals surface area (Å²) in [6, 6.07) is 11.7. The summed E-state index contributed by atoms with van der Waals surface area (Å²) in [5, 5.41) is 22.5. The summed E-state index contributed by atoms with van der Waals surface area (Å²) in [4.78, 5) is 11.8. The molecule has 0 radical (unpaired) electrons. The molecule has 0 bridgehead atoms. The Hall–Kier alpha value is -3.70. The number of nitrogens with zero attached hydrogens (tertiary/aromatic N) is 2. The van der Waals surface area contributed by atoms with Gasteiger partial charge < -0.3 is 19.7 Å². The van der Waals surface area contributed by atoms with Crippen molar-refractivity contribution >= 4 is 5.97 Å². The average molecular weight is 409 g/mol. The number of aromatic carboxylic acids is 1. The van der Waals surface area contributed by atoms with Crippen LogP contribution in [0.5, 0.6) is 11.5 Å². The molecule has 0 aliphatic carbocycles. The summed E-state index contributed by atoms with van der Waals surface area (Å²) in [5.41, 5.74) is 1.10. The number of halogens is 2. The Morgan fingerprint density at radius 2 is 1.90 bits per heavy atom. The summed E-state index contributed by atoms with van der Waals surface area (Å²) < 4.78 is 34.5. The fraction of sp³-hybridized carbons (Fsp3) is 0.182. The fourth-order valence-corrected chi connectivity index (χ4v) is 3.64. The number of benzene rings is 2. The quantitative estimate of drug-likeness (QED) is 0.655. The maximum absolute atomic E-state index is 13.8. The van der Waals surface area contributed by atoms with Gasteiger partial charge in [0.15, 0.2) is 17.4 Å². The van der Waals surface area contributed by atoms with Gasteiger partial charge in [0.05, 0.1) is 5.56 Å². The molecule has 3 aromatic rings. The second-order valence-electron chi connectivity index (χ2n) is 6.91. The van der Waals surface area contributed by atoms with Gasteiger partial charge in [-0.3, -0.25) is 0 Å². The van der Waals surface area contributed by atoms with Crippen molar-refractivity contribution in [3.05, 3.63) is 71.6 Å². The van der Waals surface area contributed by atoms with Crippen LogP contribution in [0.3, 0.4) is 0 Å². The highest BCUT2D eigenvalue weighted by molar-refractivity contribution is 5.93. The summed E-state index contributed by atoms with van der Waals surface area (Å²) in [6.07, 6.45) is 2.44. The molecule has 152 valence electrons. The second kappa shape index (κ2) is 7.97. The molecule has 6 nitrogen and oxygen atoms in total. The van der Waals surface area contributed by atoms with E-state index in [4.69, 9.17) is 4.74 Å². The van der Waals surface area contributed by atoms with Crippen molar-refractivity contribution in [2.75, 3.05) is 13.1 Å². The molecule has 1 saturated heterocycles. The maximum Gasteiger partial charge on any atom is 0.353 e. The van der Waals surface area contributed by atoms with E-state index in [1.165, 1.54) is 18.2 Å². The van der Waals surface area contributed by atoms with Crippen molar-refractivity contribution in [1.29, 1.82) is 5.26 Å². The van der Waals surface area contributed by atoms with E-state index in [9.17, 15) is 23.9 Å². The first-order chi connectivity index (χ1) is 14.5. The normalized spacial score (nSPS) is 15.7. The van der Waals surface area contributed by atoms with Gasteiger partial charge in [0.1, 0.15) is 17.5 Å². The van der Waals surface area contributed by atoms with Crippen LogP contribution in [-0.2, 0) is 0 Å². The van der Waals surface area contributed by atoms with Crippen LogP contribution in [0.15, 0.2) is 48.7 Å². The summed E-state index contributed by atoms with van der Waals surface area (Å²) in [5.74, 6) is -3.10. The van der Waals surface area contributed by atoms with Crippen LogP contribution in [0.25, 0.3) is 11.1 Å². The van der Waals surface area contributed by atoms with E-state index in [0.29, 0.717) is 17.7 Å². The lowest BCUT2D eigenvalue weighted by Gasteiger charge is -2.13. The molecule has 0 unspecified atom stereocenters. The highest BCUT2D eigenvalue weighted by Gasteiger charge is 2.27. The van der Waals surface area contributed by atoms with Crippen molar-refractivity contribution in [2.45, 2.75) is 12.5 Å². The van der Waals surface area contributed by atoms with Crippen molar-refractivity contribution in [3.63, 3.8) is 0 Å². The van der Waals surface area contributed by atoms with Gasteiger partial charge in [-0.2, -0.15) is 5.26 Å². The molecule has 2 N–H and O–H groups in total. The van der Waals surface area contributed by atoms with Gasteiger partial charge in [-0.25, -0.2) is 13.6 Å². The van der Waals surface area contributed by atoms with Gasteiger partial charge in [0.25, 0.3) is 0 Å². The Morgan fingerprint density at radius 1 is 1.20 bits per heavy atom. The lowest BCUT2D eigenvalue weighted by molar-refractivity contribution is 0.0682. The molecular weight excluding hydrogens is 392 g/mol. The number of nitriles is 1. The van der Waals surface area contributed by atoms with E-state index < -0.39 is 23.4 Å². The summed E-state index contributed by atoms with van der Waals surface area (Å²) in [6.45, 7) is 1.40. The maximum atomic E-state index is 13.8. The molecule has 0 spiro atoms. The number of ether oxygens (including phenoxy) is 1. The molecule has 1 atom stereocenters. The standard InChI is InChI=1S/C22H17F2N3O3/c23-18-2-1-3-19(24)21(18)30-15-6-4-13(5-7-15)17-12-27(14-8-9-26-11-14)20(22(28)29)16(17)10-25/h1-7,12,14,26H,8-9,11H2,(H,28,29)/t14-/m1/s1. The highest BCUT2D eigenvalue weighted by atomic mass is 19.1. The predicted molar refractivity (Wildman–Crippen MR) is 104 cm³/mol. The van der Waals surface area contributed by atoms with E-state index in [1.807, 2.05) is 6.07 Å². The lowest BCUT2D eigenvalue weighted by atomic mass is 10.0. The average Bonchev–Trinajstić information content (AvgIpc) is 3.38. The monoisotopic (exact) mass is 409 g/mol. The van der Waals surface area contributed by atoms with Crippen molar-refractivity contribution in [3.8, 4) is 28.7 Å². The first kappa shape index (κ1) is 19.6. The number of nitrogens with one attached hydrogen (secondary N) is 1. The van der Waals surface area contributed by atoms with E-state index in [-0.39, 0.29) is 23.0 Å². The highest BCUT2D eigenvalue weighted by Crippen LogP contribution is 2.34. The lowest BCUT2D eigenvalue weighted by Crippen LogP contribution is -2.17.